The molecule has 4 aromatic rings. The summed E-state index contributed by atoms with van der Waals surface area (Å²) in [5.74, 6) is 1.64. The molecule has 0 saturated carbocycles. The highest BCUT2D eigenvalue weighted by Crippen LogP contribution is 2.25. The van der Waals surface area contributed by atoms with Crippen LogP contribution in [-0.2, 0) is 19.6 Å². The molecule has 6 nitrogen and oxygen atoms in total. The van der Waals surface area contributed by atoms with E-state index in [0.717, 1.165) is 24.8 Å². The molecular weight excluding hydrogens is 513 g/mol. The highest BCUT2D eigenvalue weighted by atomic mass is 127. The van der Waals surface area contributed by atoms with E-state index in [1.165, 1.54) is 22.3 Å². The number of guanidine groups is 1. The Kier molecular flexibility index (Phi) is 8.91. The fourth-order valence-electron chi connectivity index (χ4n) is 3.41. The molecule has 0 radical (unpaired) electrons. The van der Waals surface area contributed by atoms with Gasteiger partial charge in [-0.05, 0) is 41.3 Å². The van der Waals surface area contributed by atoms with Gasteiger partial charge in [-0.3, -0.25) is 0 Å². The average Bonchev–Trinajstić information content (AvgIpc) is 3.51. The van der Waals surface area contributed by atoms with Crippen molar-refractivity contribution in [2.24, 2.45) is 4.99 Å². The molecule has 0 aliphatic carbocycles. The number of aromatic nitrogens is 2. The van der Waals surface area contributed by atoms with Gasteiger partial charge in [-0.25, -0.2) is 9.98 Å². The molecule has 2 aromatic heterocycles. The van der Waals surface area contributed by atoms with E-state index in [2.05, 4.69) is 75.6 Å². The summed E-state index contributed by atoms with van der Waals surface area (Å²) >= 11 is 0. The Hall–Kier alpha value is -3.07. The van der Waals surface area contributed by atoms with E-state index in [1.54, 1.807) is 12.5 Å². The van der Waals surface area contributed by atoms with Crippen molar-refractivity contribution in [1.82, 2.24) is 20.2 Å². The molecule has 0 aliphatic heterocycles. The van der Waals surface area contributed by atoms with Crippen LogP contribution in [0.1, 0.15) is 23.8 Å². The van der Waals surface area contributed by atoms with Crippen molar-refractivity contribution in [3.63, 3.8) is 0 Å². The lowest BCUT2D eigenvalue weighted by Gasteiger charge is -2.12. The van der Waals surface area contributed by atoms with Gasteiger partial charge in [0.2, 0.25) is 0 Å². The molecule has 0 atom stereocenters. The molecule has 2 aromatic carbocycles. The van der Waals surface area contributed by atoms with Crippen molar-refractivity contribution in [2.45, 2.75) is 26.6 Å². The Morgan fingerprint density at radius 3 is 2.59 bits per heavy atom. The van der Waals surface area contributed by atoms with Crippen LogP contribution in [0.25, 0.3) is 11.1 Å². The van der Waals surface area contributed by atoms with E-state index in [-0.39, 0.29) is 24.0 Å². The van der Waals surface area contributed by atoms with Gasteiger partial charge in [-0.2, -0.15) is 0 Å². The highest BCUT2D eigenvalue weighted by molar-refractivity contribution is 14.0. The minimum atomic E-state index is 0. The first-order chi connectivity index (χ1) is 15.3. The van der Waals surface area contributed by atoms with Gasteiger partial charge < -0.3 is 19.6 Å². The fraction of sp³-hybridized carbons (Fsp3) is 0.200. The summed E-state index contributed by atoms with van der Waals surface area (Å²) in [5.41, 5.74) is 4.81. The number of nitrogens with zero attached hydrogens (tertiary/aromatic N) is 3. The minimum absolute atomic E-state index is 0. The molecule has 2 N–H and O–H groups in total. The first-order valence-corrected chi connectivity index (χ1v) is 10.5. The van der Waals surface area contributed by atoms with Crippen molar-refractivity contribution < 1.29 is 4.42 Å². The molecular formula is C25H28IN5O. The molecule has 0 spiro atoms. The third-order valence-corrected chi connectivity index (χ3v) is 4.97. The summed E-state index contributed by atoms with van der Waals surface area (Å²) in [6.07, 6.45) is 7.29. The second-order valence-electron chi connectivity index (χ2n) is 7.22. The van der Waals surface area contributed by atoms with Crippen LogP contribution >= 0.6 is 24.0 Å². The van der Waals surface area contributed by atoms with Gasteiger partial charge in [0.05, 0.1) is 25.7 Å². The molecule has 32 heavy (non-hydrogen) atoms. The Balaban J connectivity index is 0.00000289. The van der Waals surface area contributed by atoms with Gasteiger partial charge in [0, 0.05) is 25.5 Å². The Labute approximate surface area is 205 Å². The predicted octanol–water partition coefficient (Wildman–Crippen LogP) is 5.06. The van der Waals surface area contributed by atoms with Crippen LogP contribution in [0.3, 0.4) is 0 Å². The quantitative estimate of drug-likeness (QED) is 0.186. The number of aliphatic imine (C=N–C) groups is 1. The van der Waals surface area contributed by atoms with Gasteiger partial charge >= 0.3 is 0 Å². The Morgan fingerprint density at radius 2 is 1.88 bits per heavy atom. The van der Waals surface area contributed by atoms with Crippen LogP contribution in [0, 0.1) is 0 Å². The van der Waals surface area contributed by atoms with E-state index in [4.69, 9.17) is 9.41 Å². The number of benzene rings is 2. The molecule has 0 unspecified atom stereocenters. The number of hydrogen-bond donors (Lipinski definition) is 2. The Morgan fingerprint density at radius 1 is 1.03 bits per heavy atom. The summed E-state index contributed by atoms with van der Waals surface area (Å²) in [6, 6.07) is 20.9. The smallest absolute Gasteiger partial charge is 0.191 e. The zero-order chi connectivity index (χ0) is 21.3. The molecule has 7 heteroatoms. The summed E-state index contributed by atoms with van der Waals surface area (Å²) in [6.45, 7) is 4.85. The van der Waals surface area contributed by atoms with Crippen LogP contribution in [0.4, 0.5) is 0 Å². The molecule has 4 rings (SSSR count). The molecule has 0 saturated heterocycles. The lowest BCUT2D eigenvalue weighted by atomic mass is 9.98. The van der Waals surface area contributed by atoms with Crippen molar-refractivity contribution >= 4 is 29.9 Å². The molecule has 0 aliphatic rings. The fourth-order valence-corrected chi connectivity index (χ4v) is 3.41. The SMILES string of the molecule is CCNC(=NCc1ccccc1-c1ccc(Cn2ccnc2)cc1)NCc1ccco1.I. The topological polar surface area (TPSA) is 67.4 Å². The number of hydrogen-bond acceptors (Lipinski definition) is 3. The molecule has 166 valence electrons. The van der Waals surface area contributed by atoms with Crippen LogP contribution in [0.5, 0.6) is 0 Å². The standard InChI is InChI=1S/C25H27N5O.HI/c1-2-27-25(29-17-23-7-5-15-31-23)28-16-22-6-3-4-8-24(22)21-11-9-20(10-12-21)18-30-14-13-26-19-30;/h3-15,19H,2,16-18H2,1H3,(H2,27,28,29);1H. The monoisotopic (exact) mass is 541 g/mol. The van der Waals surface area contributed by atoms with Gasteiger partial charge in [0.15, 0.2) is 5.96 Å². The van der Waals surface area contributed by atoms with Gasteiger partial charge in [-0.15, -0.1) is 24.0 Å². The summed E-state index contributed by atoms with van der Waals surface area (Å²) in [4.78, 5) is 8.88. The van der Waals surface area contributed by atoms with Crippen molar-refractivity contribution in [3.8, 4) is 11.1 Å². The van der Waals surface area contributed by atoms with Gasteiger partial charge in [0.25, 0.3) is 0 Å². The van der Waals surface area contributed by atoms with E-state index in [9.17, 15) is 0 Å². The zero-order valence-corrected chi connectivity index (χ0v) is 20.4. The number of nitrogens with one attached hydrogen (secondary N) is 2. The predicted molar refractivity (Wildman–Crippen MR) is 139 cm³/mol. The third kappa shape index (κ3) is 6.46. The van der Waals surface area contributed by atoms with Crippen LogP contribution in [-0.4, -0.2) is 22.1 Å². The van der Waals surface area contributed by atoms with E-state index in [0.29, 0.717) is 13.1 Å². The first kappa shape index (κ1) is 23.6. The van der Waals surface area contributed by atoms with Gasteiger partial charge in [-0.1, -0.05) is 48.5 Å². The lowest BCUT2D eigenvalue weighted by molar-refractivity contribution is 0.501. The molecule has 2 heterocycles. The molecule has 0 amide bonds. The number of furan rings is 1. The largest absolute Gasteiger partial charge is 0.467 e. The molecule has 0 fully saturated rings. The number of rotatable bonds is 8. The minimum Gasteiger partial charge on any atom is -0.467 e. The zero-order valence-electron chi connectivity index (χ0n) is 18.1. The van der Waals surface area contributed by atoms with Crippen molar-refractivity contribution in [1.29, 1.82) is 0 Å². The van der Waals surface area contributed by atoms with Crippen molar-refractivity contribution in [2.75, 3.05) is 6.54 Å². The normalized spacial score (nSPS) is 11.1. The summed E-state index contributed by atoms with van der Waals surface area (Å²) in [7, 11) is 0. The van der Waals surface area contributed by atoms with E-state index in [1.807, 2.05) is 24.7 Å². The average molecular weight is 541 g/mol. The van der Waals surface area contributed by atoms with Crippen LogP contribution in [0.15, 0.2) is 95.1 Å². The van der Waals surface area contributed by atoms with Crippen LogP contribution in [0.2, 0.25) is 0 Å². The summed E-state index contributed by atoms with van der Waals surface area (Å²) < 4.78 is 7.46. The Bertz CT molecular complexity index is 1090. The first-order valence-electron chi connectivity index (χ1n) is 10.5. The second-order valence-corrected chi connectivity index (χ2v) is 7.22. The maximum Gasteiger partial charge on any atom is 0.191 e. The molecule has 0 bridgehead atoms. The van der Waals surface area contributed by atoms with E-state index < -0.39 is 0 Å². The van der Waals surface area contributed by atoms with Gasteiger partial charge in [0.1, 0.15) is 5.76 Å². The van der Waals surface area contributed by atoms with Crippen LogP contribution < -0.4 is 10.6 Å². The van der Waals surface area contributed by atoms with Crippen molar-refractivity contribution in [3.05, 3.63) is 103 Å². The number of halogens is 1. The summed E-state index contributed by atoms with van der Waals surface area (Å²) in [5, 5.41) is 6.61. The lowest BCUT2D eigenvalue weighted by Crippen LogP contribution is -2.36. The number of imidazole rings is 1. The van der Waals surface area contributed by atoms with E-state index >= 15 is 0 Å². The third-order valence-electron chi connectivity index (χ3n) is 4.97. The highest BCUT2D eigenvalue weighted by Gasteiger charge is 2.06. The maximum absolute atomic E-state index is 5.39. The maximum atomic E-state index is 5.39. The second kappa shape index (κ2) is 12.1.